The zero-order valence-electron chi connectivity index (χ0n) is 8.79. The smallest absolute Gasteiger partial charge is 0.223 e. The van der Waals surface area contributed by atoms with Crippen LogP contribution in [0.2, 0.25) is 0 Å². The number of carbonyl (C=O) groups excluding carboxylic acids is 1. The zero-order chi connectivity index (χ0) is 12.0. The maximum absolute atomic E-state index is 13.1. The number of ether oxygens (including phenoxy) is 1. The van der Waals surface area contributed by atoms with E-state index in [1.807, 2.05) is 0 Å². The number of amides is 1. The van der Waals surface area contributed by atoms with Crippen LogP contribution in [-0.2, 0) is 4.79 Å². The molecule has 0 heterocycles. The lowest BCUT2D eigenvalue weighted by Gasteiger charge is -2.07. The lowest BCUT2D eigenvalue weighted by Crippen LogP contribution is -2.20. The highest BCUT2D eigenvalue weighted by Gasteiger charge is 2.09. The molecule has 1 rings (SSSR count). The maximum Gasteiger partial charge on any atom is 0.223 e. The summed E-state index contributed by atoms with van der Waals surface area (Å²) in [5.41, 5.74) is -0.139. The molecule has 5 heteroatoms. The number of nitrogens with zero attached hydrogens (tertiary/aromatic N) is 1. The molecule has 0 atom stereocenters. The molecule has 0 spiro atoms. The summed E-state index contributed by atoms with van der Waals surface area (Å²) >= 11 is 0. The van der Waals surface area contributed by atoms with E-state index in [9.17, 15) is 9.18 Å². The highest BCUT2D eigenvalue weighted by Crippen LogP contribution is 2.20. The molecule has 1 amide bonds. The number of hydrogen-bond donors (Lipinski definition) is 1. The van der Waals surface area contributed by atoms with Gasteiger partial charge in [-0.1, -0.05) is 6.07 Å². The van der Waals surface area contributed by atoms with Gasteiger partial charge in [0.05, 0.1) is 13.0 Å². The fourth-order valence-electron chi connectivity index (χ4n) is 1.11. The Morgan fingerprint density at radius 1 is 1.62 bits per heavy atom. The molecule has 0 aliphatic heterocycles. The molecule has 0 aromatic heterocycles. The van der Waals surface area contributed by atoms with Crippen molar-refractivity contribution in [2.24, 2.45) is 0 Å². The second kappa shape index (κ2) is 5.71. The third kappa shape index (κ3) is 2.95. The van der Waals surface area contributed by atoms with Crippen LogP contribution >= 0.6 is 0 Å². The fraction of sp³-hybridized carbons (Fsp3) is 0.273. The first-order valence-electron chi connectivity index (χ1n) is 4.71. The van der Waals surface area contributed by atoms with E-state index in [0.29, 0.717) is 0 Å². The number of benzene rings is 1. The minimum absolute atomic E-state index is 0.109. The molecule has 0 aliphatic rings. The van der Waals surface area contributed by atoms with Gasteiger partial charge >= 0.3 is 0 Å². The van der Waals surface area contributed by atoms with Crippen molar-refractivity contribution in [3.63, 3.8) is 0 Å². The molecule has 0 fully saturated rings. The molecule has 84 valence electrons. The summed E-state index contributed by atoms with van der Waals surface area (Å²) < 4.78 is 18.3. The SMILES string of the molecule is CNC(=O)CCOc1cccc(F)c1C#N. The van der Waals surface area contributed by atoms with Crippen LogP contribution in [0, 0.1) is 17.1 Å². The van der Waals surface area contributed by atoms with Crippen molar-refractivity contribution in [1.82, 2.24) is 5.32 Å². The van der Waals surface area contributed by atoms with Gasteiger partial charge in [-0.25, -0.2) is 4.39 Å². The Labute approximate surface area is 92.6 Å². The van der Waals surface area contributed by atoms with E-state index in [4.69, 9.17) is 10.00 Å². The van der Waals surface area contributed by atoms with Crippen LogP contribution in [-0.4, -0.2) is 19.6 Å². The van der Waals surface area contributed by atoms with E-state index < -0.39 is 5.82 Å². The van der Waals surface area contributed by atoms with Gasteiger partial charge in [-0.2, -0.15) is 5.26 Å². The molecule has 1 aromatic rings. The lowest BCUT2D eigenvalue weighted by atomic mass is 10.2. The Balaban J connectivity index is 2.64. The van der Waals surface area contributed by atoms with Gasteiger partial charge in [-0.15, -0.1) is 0 Å². The van der Waals surface area contributed by atoms with Crippen molar-refractivity contribution < 1.29 is 13.9 Å². The van der Waals surface area contributed by atoms with Gasteiger partial charge in [0.15, 0.2) is 0 Å². The standard InChI is InChI=1S/C11H11FN2O2/c1-14-11(15)5-6-16-10-4-2-3-9(12)8(10)7-13/h2-4H,5-6H2,1H3,(H,14,15). The number of nitrogens with one attached hydrogen (secondary N) is 1. The van der Waals surface area contributed by atoms with Crippen molar-refractivity contribution in [2.45, 2.75) is 6.42 Å². The topological polar surface area (TPSA) is 62.1 Å². The van der Waals surface area contributed by atoms with Crippen LogP contribution in [0.1, 0.15) is 12.0 Å². The van der Waals surface area contributed by atoms with E-state index in [-0.39, 0.29) is 30.2 Å². The van der Waals surface area contributed by atoms with Crippen molar-refractivity contribution in [1.29, 1.82) is 5.26 Å². The molecule has 0 unspecified atom stereocenters. The van der Waals surface area contributed by atoms with E-state index in [1.165, 1.54) is 25.2 Å². The van der Waals surface area contributed by atoms with E-state index in [0.717, 1.165) is 0 Å². The minimum Gasteiger partial charge on any atom is -0.492 e. The Kier molecular flexibility index (Phi) is 4.28. The Morgan fingerprint density at radius 3 is 3.00 bits per heavy atom. The molecule has 0 saturated heterocycles. The van der Waals surface area contributed by atoms with Crippen LogP contribution in [0.15, 0.2) is 18.2 Å². The Morgan fingerprint density at radius 2 is 2.38 bits per heavy atom. The summed E-state index contributed by atoms with van der Waals surface area (Å²) in [6.07, 6.45) is 0.165. The average molecular weight is 222 g/mol. The fourth-order valence-corrected chi connectivity index (χ4v) is 1.11. The van der Waals surface area contributed by atoms with E-state index in [2.05, 4.69) is 5.32 Å². The number of halogens is 1. The molecule has 1 N–H and O–H groups in total. The second-order valence-electron chi connectivity index (χ2n) is 3.00. The summed E-state index contributed by atoms with van der Waals surface area (Å²) in [5.74, 6) is -0.638. The normalized spacial score (nSPS) is 9.31. The summed E-state index contributed by atoms with van der Waals surface area (Å²) in [7, 11) is 1.52. The van der Waals surface area contributed by atoms with Crippen molar-refractivity contribution in [2.75, 3.05) is 13.7 Å². The first-order valence-corrected chi connectivity index (χ1v) is 4.71. The van der Waals surface area contributed by atoms with Gasteiger partial charge in [0, 0.05) is 7.05 Å². The van der Waals surface area contributed by atoms with Crippen LogP contribution in [0.5, 0.6) is 5.75 Å². The number of rotatable bonds is 4. The quantitative estimate of drug-likeness (QED) is 0.832. The highest BCUT2D eigenvalue weighted by atomic mass is 19.1. The molecule has 4 nitrogen and oxygen atoms in total. The molecule has 0 aliphatic carbocycles. The Hall–Kier alpha value is -2.09. The van der Waals surface area contributed by atoms with E-state index in [1.54, 1.807) is 6.07 Å². The average Bonchev–Trinajstić information content (AvgIpc) is 2.29. The molecular formula is C11H11FN2O2. The molecule has 0 radical (unpaired) electrons. The van der Waals surface area contributed by atoms with Crippen LogP contribution in [0.4, 0.5) is 4.39 Å². The predicted molar refractivity (Wildman–Crippen MR) is 55.3 cm³/mol. The number of hydrogen-bond acceptors (Lipinski definition) is 3. The number of carbonyl (C=O) groups is 1. The number of nitriles is 1. The summed E-state index contributed by atoms with van der Waals surface area (Å²) in [6.45, 7) is 0.109. The molecule has 0 saturated carbocycles. The lowest BCUT2D eigenvalue weighted by molar-refractivity contribution is -0.121. The van der Waals surface area contributed by atoms with Gasteiger partial charge in [0.25, 0.3) is 0 Å². The molecule has 0 bridgehead atoms. The summed E-state index contributed by atoms with van der Waals surface area (Å²) in [6, 6.07) is 5.84. The predicted octanol–water partition coefficient (Wildman–Crippen LogP) is 1.21. The molecule has 16 heavy (non-hydrogen) atoms. The summed E-state index contributed by atoms with van der Waals surface area (Å²) in [5, 5.41) is 11.1. The van der Waals surface area contributed by atoms with Gasteiger partial charge in [-0.05, 0) is 12.1 Å². The first kappa shape index (κ1) is 12.0. The van der Waals surface area contributed by atoms with Gasteiger partial charge < -0.3 is 10.1 Å². The monoisotopic (exact) mass is 222 g/mol. The maximum atomic E-state index is 13.1. The van der Waals surface area contributed by atoms with Crippen molar-refractivity contribution >= 4 is 5.91 Å². The summed E-state index contributed by atoms with van der Waals surface area (Å²) in [4.78, 5) is 10.9. The van der Waals surface area contributed by atoms with Gasteiger partial charge in [-0.3, -0.25) is 4.79 Å². The third-order valence-corrected chi connectivity index (χ3v) is 1.95. The van der Waals surface area contributed by atoms with Crippen molar-refractivity contribution in [3.05, 3.63) is 29.6 Å². The van der Waals surface area contributed by atoms with Gasteiger partial charge in [0.1, 0.15) is 23.2 Å². The van der Waals surface area contributed by atoms with Crippen LogP contribution < -0.4 is 10.1 Å². The molecular weight excluding hydrogens is 211 g/mol. The third-order valence-electron chi connectivity index (χ3n) is 1.95. The Bertz CT molecular complexity index is 426. The zero-order valence-corrected chi connectivity index (χ0v) is 8.79. The molecule has 1 aromatic carbocycles. The largest absolute Gasteiger partial charge is 0.492 e. The highest BCUT2D eigenvalue weighted by molar-refractivity contribution is 5.75. The van der Waals surface area contributed by atoms with Gasteiger partial charge in [0.2, 0.25) is 5.91 Å². The minimum atomic E-state index is -0.625. The second-order valence-corrected chi connectivity index (χ2v) is 3.00. The first-order chi connectivity index (χ1) is 7.69. The van der Waals surface area contributed by atoms with Crippen molar-refractivity contribution in [3.8, 4) is 11.8 Å². The van der Waals surface area contributed by atoms with E-state index >= 15 is 0 Å². The van der Waals surface area contributed by atoms with Crippen LogP contribution in [0.25, 0.3) is 0 Å². The van der Waals surface area contributed by atoms with Crippen LogP contribution in [0.3, 0.4) is 0 Å².